The molecule has 3 rings (SSSR count). The number of phenols is 1. The average Bonchev–Trinajstić information content (AvgIpc) is 3.13. The molecule has 10 heteroatoms. The molecule has 2 aromatic rings. The number of hydrogen-bond donors (Lipinski definition) is 2. The fourth-order valence-corrected chi connectivity index (χ4v) is 3.58. The number of ether oxygens (including phenoxy) is 2. The van der Waals surface area contributed by atoms with Crippen LogP contribution in [0.4, 0.5) is 5.13 Å². The Bertz CT molecular complexity index is 836. The second kappa shape index (κ2) is 9.03. The van der Waals surface area contributed by atoms with E-state index in [1.165, 1.54) is 30.7 Å². The third-order valence-electron chi connectivity index (χ3n) is 3.84. The van der Waals surface area contributed by atoms with Gasteiger partial charge in [0.25, 0.3) is 0 Å². The van der Waals surface area contributed by atoms with Crippen molar-refractivity contribution in [2.24, 2.45) is 5.10 Å². The molecule has 1 saturated heterocycles. The smallest absolute Gasteiger partial charge is 0.246 e. The Morgan fingerprint density at radius 3 is 3.04 bits per heavy atom. The SMILES string of the molecule is COc1cc(/C=N/NC(=O)Cc2csc(N3CCOCC3)n2)cc(Cl)c1O. The van der Waals surface area contributed by atoms with E-state index in [0.717, 1.165) is 18.2 Å². The normalized spacial score (nSPS) is 14.5. The van der Waals surface area contributed by atoms with Gasteiger partial charge in [0.1, 0.15) is 0 Å². The van der Waals surface area contributed by atoms with Gasteiger partial charge >= 0.3 is 0 Å². The molecule has 1 aromatic carbocycles. The third kappa shape index (κ3) is 5.09. The zero-order valence-electron chi connectivity index (χ0n) is 14.6. The van der Waals surface area contributed by atoms with Crippen LogP contribution >= 0.6 is 22.9 Å². The molecule has 0 bridgehead atoms. The van der Waals surface area contributed by atoms with Crippen LogP contribution in [0.1, 0.15) is 11.3 Å². The van der Waals surface area contributed by atoms with Gasteiger partial charge in [-0.2, -0.15) is 5.10 Å². The summed E-state index contributed by atoms with van der Waals surface area (Å²) in [7, 11) is 1.42. The van der Waals surface area contributed by atoms with Crippen LogP contribution in [0.15, 0.2) is 22.6 Å². The first-order valence-electron chi connectivity index (χ1n) is 8.22. The summed E-state index contributed by atoms with van der Waals surface area (Å²) >= 11 is 7.43. The van der Waals surface area contributed by atoms with Crippen molar-refractivity contribution in [3.63, 3.8) is 0 Å². The summed E-state index contributed by atoms with van der Waals surface area (Å²) in [4.78, 5) is 18.7. The maximum Gasteiger partial charge on any atom is 0.246 e. The van der Waals surface area contributed by atoms with E-state index in [9.17, 15) is 9.90 Å². The highest BCUT2D eigenvalue weighted by Crippen LogP contribution is 2.34. The minimum absolute atomic E-state index is 0.137. The molecule has 0 unspecified atom stereocenters. The molecule has 1 aromatic heterocycles. The van der Waals surface area contributed by atoms with Crippen molar-refractivity contribution in [1.82, 2.24) is 10.4 Å². The topological polar surface area (TPSA) is 96.3 Å². The summed E-state index contributed by atoms with van der Waals surface area (Å²) < 4.78 is 10.3. The number of anilines is 1. The zero-order chi connectivity index (χ0) is 19.2. The van der Waals surface area contributed by atoms with Gasteiger partial charge in [-0.1, -0.05) is 11.6 Å². The predicted molar refractivity (Wildman–Crippen MR) is 104 cm³/mol. The van der Waals surface area contributed by atoms with Crippen LogP contribution in [0, 0.1) is 0 Å². The van der Waals surface area contributed by atoms with E-state index in [-0.39, 0.29) is 28.8 Å². The Morgan fingerprint density at radius 1 is 1.52 bits per heavy atom. The number of methoxy groups -OCH3 is 1. The van der Waals surface area contributed by atoms with E-state index in [4.69, 9.17) is 21.1 Å². The monoisotopic (exact) mass is 410 g/mol. The number of nitrogens with zero attached hydrogens (tertiary/aromatic N) is 3. The van der Waals surface area contributed by atoms with E-state index in [1.807, 2.05) is 5.38 Å². The molecule has 1 aliphatic rings. The van der Waals surface area contributed by atoms with Gasteiger partial charge in [0.2, 0.25) is 5.91 Å². The lowest BCUT2D eigenvalue weighted by Gasteiger charge is -2.26. The van der Waals surface area contributed by atoms with Crippen LogP contribution < -0.4 is 15.1 Å². The number of nitrogens with one attached hydrogen (secondary N) is 1. The number of hydrazone groups is 1. The molecule has 0 spiro atoms. The molecule has 0 atom stereocenters. The number of carbonyl (C=O) groups excluding carboxylic acids is 1. The maximum atomic E-state index is 12.0. The third-order valence-corrected chi connectivity index (χ3v) is 5.07. The van der Waals surface area contributed by atoms with Crippen LogP contribution in [0.25, 0.3) is 0 Å². The number of aromatic nitrogens is 1. The Labute approximate surface area is 165 Å². The quantitative estimate of drug-likeness (QED) is 0.559. The van der Waals surface area contributed by atoms with Gasteiger partial charge in [0.15, 0.2) is 16.6 Å². The lowest BCUT2D eigenvalue weighted by atomic mass is 10.2. The standard InChI is InChI=1S/C17H19ClN4O4S/c1-25-14-7-11(6-13(18)16(14)24)9-19-21-15(23)8-12-10-27-17(20-12)22-2-4-26-5-3-22/h6-7,9-10,24H,2-5,8H2,1H3,(H,21,23)/b19-9+. The first kappa shape index (κ1) is 19.4. The van der Waals surface area contributed by atoms with E-state index < -0.39 is 0 Å². The molecule has 2 N–H and O–H groups in total. The van der Waals surface area contributed by atoms with Crippen LogP contribution in [-0.4, -0.2) is 55.6 Å². The van der Waals surface area contributed by atoms with E-state index in [2.05, 4.69) is 20.4 Å². The summed E-state index contributed by atoms with van der Waals surface area (Å²) in [5, 5.41) is 16.5. The number of hydrogen-bond acceptors (Lipinski definition) is 8. The molecule has 0 radical (unpaired) electrons. The van der Waals surface area contributed by atoms with Crippen molar-refractivity contribution in [2.75, 3.05) is 38.3 Å². The van der Waals surface area contributed by atoms with Gasteiger partial charge in [0, 0.05) is 18.5 Å². The first-order valence-corrected chi connectivity index (χ1v) is 9.48. The molecule has 1 fully saturated rings. The predicted octanol–water partition coefficient (Wildman–Crippen LogP) is 2.04. The first-order chi connectivity index (χ1) is 13.1. The van der Waals surface area contributed by atoms with Gasteiger partial charge in [-0.05, 0) is 17.7 Å². The summed E-state index contributed by atoms with van der Waals surface area (Å²) in [5.41, 5.74) is 3.73. The van der Waals surface area contributed by atoms with Crippen molar-refractivity contribution < 1.29 is 19.4 Å². The number of phenolic OH excluding ortho intramolecular Hbond substituents is 1. The minimum Gasteiger partial charge on any atom is -0.503 e. The molecular formula is C17H19ClN4O4S. The molecule has 144 valence electrons. The second-order valence-electron chi connectivity index (χ2n) is 5.74. The van der Waals surface area contributed by atoms with Gasteiger partial charge < -0.3 is 19.5 Å². The molecule has 8 nitrogen and oxygen atoms in total. The Kier molecular flexibility index (Phi) is 6.49. The van der Waals surface area contributed by atoms with Crippen LogP contribution in [0.3, 0.4) is 0 Å². The number of amides is 1. The lowest BCUT2D eigenvalue weighted by Crippen LogP contribution is -2.36. The summed E-state index contributed by atoms with van der Waals surface area (Å²) in [5.74, 6) is -0.185. The fourth-order valence-electron chi connectivity index (χ4n) is 2.48. The van der Waals surface area contributed by atoms with Crippen LogP contribution in [-0.2, 0) is 16.0 Å². The summed E-state index contributed by atoms with van der Waals surface area (Å²) in [6.45, 7) is 3.00. The van der Waals surface area contributed by atoms with E-state index in [0.29, 0.717) is 24.5 Å². The van der Waals surface area contributed by atoms with Gasteiger partial charge in [-0.25, -0.2) is 10.4 Å². The summed E-state index contributed by atoms with van der Waals surface area (Å²) in [6, 6.07) is 3.08. The molecule has 1 amide bonds. The molecular weight excluding hydrogens is 392 g/mol. The van der Waals surface area contributed by atoms with Crippen molar-refractivity contribution >= 4 is 40.2 Å². The van der Waals surface area contributed by atoms with Gasteiger partial charge in [0.05, 0.1) is 43.7 Å². The van der Waals surface area contributed by atoms with Gasteiger partial charge in [-0.3, -0.25) is 4.79 Å². The molecule has 1 aliphatic heterocycles. The number of thiazole rings is 1. The highest BCUT2D eigenvalue weighted by atomic mass is 35.5. The molecule has 0 saturated carbocycles. The lowest BCUT2D eigenvalue weighted by molar-refractivity contribution is -0.120. The van der Waals surface area contributed by atoms with Crippen molar-refractivity contribution in [1.29, 1.82) is 0 Å². The number of rotatable bonds is 6. The molecule has 27 heavy (non-hydrogen) atoms. The van der Waals surface area contributed by atoms with Crippen LogP contribution in [0.5, 0.6) is 11.5 Å². The Balaban J connectivity index is 1.54. The minimum atomic E-state index is -0.276. The maximum absolute atomic E-state index is 12.0. The van der Waals surface area contributed by atoms with E-state index >= 15 is 0 Å². The molecule has 2 heterocycles. The Hall–Kier alpha value is -2.36. The number of carbonyl (C=O) groups is 1. The Morgan fingerprint density at radius 2 is 2.30 bits per heavy atom. The average molecular weight is 411 g/mol. The van der Waals surface area contributed by atoms with E-state index in [1.54, 1.807) is 6.07 Å². The number of benzene rings is 1. The highest BCUT2D eigenvalue weighted by Gasteiger charge is 2.15. The molecule has 0 aliphatic carbocycles. The number of aromatic hydroxyl groups is 1. The largest absolute Gasteiger partial charge is 0.503 e. The van der Waals surface area contributed by atoms with Gasteiger partial charge in [-0.15, -0.1) is 11.3 Å². The summed E-state index contributed by atoms with van der Waals surface area (Å²) in [6.07, 6.45) is 1.56. The van der Waals surface area contributed by atoms with Crippen molar-refractivity contribution in [3.8, 4) is 11.5 Å². The second-order valence-corrected chi connectivity index (χ2v) is 6.99. The van der Waals surface area contributed by atoms with Crippen molar-refractivity contribution in [2.45, 2.75) is 6.42 Å². The highest BCUT2D eigenvalue weighted by molar-refractivity contribution is 7.13. The fraction of sp³-hybridized carbons (Fsp3) is 0.353. The number of halogens is 1. The van der Waals surface area contributed by atoms with Crippen LogP contribution in [0.2, 0.25) is 5.02 Å². The van der Waals surface area contributed by atoms with Crippen molar-refractivity contribution in [3.05, 3.63) is 33.8 Å². The number of morpholine rings is 1. The zero-order valence-corrected chi connectivity index (χ0v) is 16.2.